The minimum absolute atomic E-state index is 0.122. The second-order valence-corrected chi connectivity index (χ2v) is 9.09. The predicted octanol–water partition coefficient (Wildman–Crippen LogP) is 7.59. The van der Waals surface area contributed by atoms with Crippen LogP contribution in [-0.4, -0.2) is 20.2 Å². The Labute approximate surface area is 201 Å². The summed E-state index contributed by atoms with van der Waals surface area (Å²) in [7, 11) is 0. The summed E-state index contributed by atoms with van der Waals surface area (Å²) in [6.45, 7) is 12.0. The lowest BCUT2D eigenvalue weighted by Gasteiger charge is -2.13. The van der Waals surface area contributed by atoms with E-state index < -0.39 is 0 Å². The Bertz CT molecular complexity index is 1320. The van der Waals surface area contributed by atoms with Gasteiger partial charge in [-0.2, -0.15) is 0 Å². The molecule has 1 aromatic heterocycles. The number of benzene rings is 3. The first kappa shape index (κ1) is 23.2. The average Bonchev–Trinajstić information content (AvgIpc) is 2.72. The number of fused-ring (bicyclic) bond motifs is 1. The van der Waals surface area contributed by atoms with Gasteiger partial charge in [0.15, 0.2) is 0 Å². The Morgan fingerprint density at radius 1 is 0.588 bits per heavy atom. The molecule has 0 spiro atoms. The van der Waals surface area contributed by atoms with Crippen molar-refractivity contribution in [2.24, 2.45) is 0 Å². The highest BCUT2D eigenvalue weighted by molar-refractivity contribution is 5.87. The van der Waals surface area contributed by atoms with Crippen molar-refractivity contribution in [3.63, 3.8) is 0 Å². The van der Waals surface area contributed by atoms with Gasteiger partial charge in [0.25, 0.3) is 0 Å². The van der Waals surface area contributed by atoms with Crippen molar-refractivity contribution < 1.29 is 10.2 Å². The maximum absolute atomic E-state index is 11.1. The monoisotopic (exact) mass is 450 g/mol. The van der Waals surface area contributed by atoms with Crippen LogP contribution in [0.2, 0.25) is 0 Å². The lowest BCUT2D eigenvalue weighted by Crippen LogP contribution is -1.99. The van der Waals surface area contributed by atoms with Gasteiger partial charge in [0.2, 0.25) is 0 Å². The summed E-state index contributed by atoms with van der Waals surface area (Å²) in [5, 5.41) is 22.2. The number of nitrogens with zero attached hydrogens (tertiary/aromatic N) is 2. The van der Waals surface area contributed by atoms with Gasteiger partial charge in [-0.3, -0.25) is 0 Å². The number of hydrogen-bond acceptors (Lipinski definition) is 4. The zero-order valence-corrected chi connectivity index (χ0v) is 20.6. The number of para-hydroxylation sites is 2. The molecule has 4 rings (SSSR count). The molecule has 0 saturated heterocycles. The van der Waals surface area contributed by atoms with Gasteiger partial charge in [0.05, 0.1) is 22.4 Å². The van der Waals surface area contributed by atoms with E-state index in [0.29, 0.717) is 11.4 Å². The molecule has 0 bridgehead atoms. The molecule has 0 unspecified atom stereocenters. The second kappa shape index (κ2) is 9.14. The Balaban J connectivity index is 1.92. The highest BCUT2D eigenvalue weighted by Crippen LogP contribution is 2.28. The molecule has 4 aromatic rings. The Morgan fingerprint density at radius 3 is 1.24 bits per heavy atom. The summed E-state index contributed by atoms with van der Waals surface area (Å²) >= 11 is 0. The summed E-state index contributed by atoms with van der Waals surface area (Å²) < 4.78 is 0. The van der Waals surface area contributed by atoms with Gasteiger partial charge in [-0.15, -0.1) is 0 Å². The summed E-state index contributed by atoms with van der Waals surface area (Å²) in [6.07, 6.45) is 3.27. The molecule has 0 aliphatic heterocycles. The first-order valence-corrected chi connectivity index (χ1v) is 11.4. The molecular weight excluding hydrogens is 420 g/mol. The minimum Gasteiger partial charge on any atom is -0.507 e. The van der Waals surface area contributed by atoms with Crippen molar-refractivity contribution in [3.05, 3.63) is 104 Å². The summed E-state index contributed by atoms with van der Waals surface area (Å²) in [4.78, 5) is 9.54. The highest BCUT2D eigenvalue weighted by Gasteiger charge is 2.14. The molecule has 0 saturated carbocycles. The van der Waals surface area contributed by atoms with Gasteiger partial charge in [0, 0.05) is 23.3 Å². The molecular formula is C30H30N2O2. The Morgan fingerprint density at radius 2 is 0.912 bits per heavy atom. The standard InChI is InChI=1S/C30H30N2O2/c1-17-11-19(3)29(20(4)12-17)27(33)15-25-26(32-24-10-8-7-9-23(24)31-25)16-28(34)30-21(5)13-18(2)14-22(30)6/h7-16,33-34H,1-6H3. The SMILES string of the molecule is Cc1cc(C)c(C(O)=Cc2nc3ccccc3nc2C=C(O)c2c(C)cc(C)cc2C)c(C)c1. The van der Waals surface area contributed by atoms with Crippen LogP contribution in [0.1, 0.15) is 55.9 Å². The number of rotatable bonds is 4. The topological polar surface area (TPSA) is 66.2 Å². The fourth-order valence-electron chi connectivity index (χ4n) is 4.81. The van der Waals surface area contributed by atoms with Crippen LogP contribution in [0, 0.1) is 41.5 Å². The van der Waals surface area contributed by atoms with E-state index in [-0.39, 0.29) is 11.5 Å². The van der Waals surface area contributed by atoms with Crippen molar-refractivity contribution in [2.75, 3.05) is 0 Å². The van der Waals surface area contributed by atoms with E-state index in [9.17, 15) is 10.2 Å². The predicted molar refractivity (Wildman–Crippen MR) is 142 cm³/mol. The van der Waals surface area contributed by atoms with Crippen LogP contribution in [0.25, 0.3) is 34.7 Å². The van der Waals surface area contributed by atoms with Crippen LogP contribution >= 0.6 is 0 Å². The van der Waals surface area contributed by atoms with E-state index in [2.05, 4.69) is 0 Å². The average molecular weight is 451 g/mol. The molecule has 0 fully saturated rings. The smallest absolute Gasteiger partial charge is 0.125 e. The zero-order valence-electron chi connectivity index (χ0n) is 20.6. The summed E-state index contributed by atoms with van der Waals surface area (Å²) in [6, 6.07) is 15.8. The van der Waals surface area contributed by atoms with Gasteiger partial charge >= 0.3 is 0 Å². The van der Waals surface area contributed by atoms with Crippen LogP contribution in [0.4, 0.5) is 0 Å². The lowest BCUT2D eigenvalue weighted by molar-refractivity contribution is 0.513. The first-order chi connectivity index (χ1) is 16.1. The quantitative estimate of drug-likeness (QED) is 0.314. The van der Waals surface area contributed by atoms with Crippen LogP contribution in [-0.2, 0) is 0 Å². The van der Waals surface area contributed by atoms with Gasteiger partial charge in [-0.25, -0.2) is 9.97 Å². The first-order valence-electron chi connectivity index (χ1n) is 11.4. The zero-order chi connectivity index (χ0) is 24.6. The Hall–Kier alpha value is -3.92. The van der Waals surface area contributed by atoms with Gasteiger partial charge < -0.3 is 10.2 Å². The van der Waals surface area contributed by atoms with Crippen LogP contribution in [0.3, 0.4) is 0 Å². The molecule has 0 atom stereocenters. The number of aliphatic hydroxyl groups is 2. The normalized spacial score (nSPS) is 12.4. The summed E-state index contributed by atoms with van der Waals surface area (Å²) in [5.74, 6) is 0.243. The molecule has 172 valence electrons. The number of aryl methyl sites for hydroxylation is 6. The fourth-order valence-corrected chi connectivity index (χ4v) is 4.81. The largest absolute Gasteiger partial charge is 0.507 e. The van der Waals surface area contributed by atoms with Gasteiger partial charge in [0.1, 0.15) is 11.5 Å². The molecule has 0 aliphatic rings. The third-order valence-corrected chi connectivity index (χ3v) is 6.04. The van der Waals surface area contributed by atoms with Crippen molar-refractivity contribution in [1.29, 1.82) is 0 Å². The van der Waals surface area contributed by atoms with E-state index >= 15 is 0 Å². The van der Waals surface area contributed by atoms with E-state index in [0.717, 1.165) is 55.5 Å². The van der Waals surface area contributed by atoms with Crippen molar-refractivity contribution in [2.45, 2.75) is 41.5 Å². The lowest BCUT2D eigenvalue weighted by atomic mass is 9.97. The molecule has 0 radical (unpaired) electrons. The van der Waals surface area contributed by atoms with E-state index in [1.165, 1.54) is 0 Å². The maximum Gasteiger partial charge on any atom is 0.125 e. The van der Waals surface area contributed by atoms with Crippen LogP contribution < -0.4 is 0 Å². The third-order valence-electron chi connectivity index (χ3n) is 6.04. The molecule has 3 aromatic carbocycles. The van der Waals surface area contributed by atoms with E-state index in [4.69, 9.17) is 9.97 Å². The third kappa shape index (κ3) is 4.58. The van der Waals surface area contributed by atoms with Crippen molar-refractivity contribution >= 4 is 34.7 Å². The number of aromatic nitrogens is 2. The molecule has 1 heterocycles. The highest BCUT2D eigenvalue weighted by atomic mass is 16.3. The van der Waals surface area contributed by atoms with Crippen LogP contribution in [0.5, 0.6) is 0 Å². The van der Waals surface area contributed by atoms with Crippen molar-refractivity contribution in [1.82, 2.24) is 9.97 Å². The van der Waals surface area contributed by atoms with Crippen molar-refractivity contribution in [3.8, 4) is 0 Å². The molecule has 0 aliphatic carbocycles. The fraction of sp³-hybridized carbons (Fsp3) is 0.200. The number of hydrogen-bond donors (Lipinski definition) is 2. The second-order valence-electron chi connectivity index (χ2n) is 9.09. The van der Waals surface area contributed by atoms with Crippen LogP contribution in [0.15, 0.2) is 48.5 Å². The number of aliphatic hydroxyl groups excluding tert-OH is 2. The molecule has 0 amide bonds. The molecule has 34 heavy (non-hydrogen) atoms. The minimum atomic E-state index is 0.122. The Kier molecular flexibility index (Phi) is 6.25. The molecule has 4 heteroatoms. The molecule has 4 nitrogen and oxygen atoms in total. The summed E-state index contributed by atoms with van der Waals surface area (Å²) in [5.41, 5.74) is 10.2. The maximum atomic E-state index is 11.1. The van der Waals surface area contributed by atoms with E-state index in [1.807, 2.05) is 90.1 Å². The van der Waals surface area contributed by atoms with Gasteiger partial charge in [-0.05, 0) is 75.9 Å². The van der Waals surface area contributed by atoms with E-state index in [1.54, 1.807) is 12.2 Å². The van der Waals surface area contributed by atoms with Gasteiger partial charge in [-0.1, -0.05) is 47.5 Å². The molecule has 2 N–H and O–H groups in total.